The van der Waals surface area contributed by atoms with Crippen LogP contribution in [0.5, 0.6) is 5.75 Å². The van der Waals surface area contributed by atoms with Gasteiger partial charge in [0.05, 0.1) is 38.1 Å². The van der Waals surface area contributed by atoms with Crippen LogP contribution in [0.3, 0.4) is 0 Å². The number of methoxy groups -OCH3 is 1. The molecule has 0 bridgehead atoms. The minimum Gasteiger partial charge on any atom is -0.495 e. The zero-order valence-corrected chi connectivity index (χ0v) is 17.4. The highest BCUT2D eigenvalue weighted by molar-refractivity contribution is 5.94. The molecule has 8 nitrogen and oxygen atoms in total. The predicted molar refractivity (Wildman–Crippen MR) is 110 cm³/mol. The molecule has 2 N–H and O–H groups in total. The Morgan fingerprint density at radius 1 is 1.34 bits per heavy atom. The smallest absolute Gasteiger partial charge is 0.416 e. The van der Waals surface area contributed by atoms with Gasteiger partial charge in [0, 0.05) is 19.2 Å². The third-order valence-electron chi connectivity index (χ3n) is 4.58. The SMILES string of the molecule is C=C/C(=C\C=C\C(=O)NO)CN(C(=O)N1CCOCC1)c1cc(C(F)(F)F)ccc1OC. The van der Waals surface area contributed by atoms with E-state index in [1.165, 1.54) is 35.7 Å². The highest BCUT2D eigenvalue weighted by atomic mass is 19.4. The van der Waals surface area contributed by atoms with Crippen LogP contribution in [0.2, 0.25) is 0 Å². The average Bonchev–Trinajstić information content (AvgIpc) is 2.80. The van der Waals surface area contributed by atoms with E-state index >= 15 is 0 Å². The maximum Gasteiger partial charge on any atom is 0.416 e. The average molecular weight is 455 g/mol. The Kier molecular flexibility index (Phi) is 8.85. The number of benzene rings is 1. The Morgan fingerprint density at radius 3 is 2.59 bits per heavy atom. The lowest BCUT2D eigenvalue weighted by Gasteiger charge is -2.34. The van der Waals surface area contributed by atoms with Gasteiger partial charge in [0.1, 0.15) is 5.75 Å². The van der Waals surface area contributed by atoms with E-state index in [0.717, 1.165) is 29.2 Å². The second-order valence-electron chi connectivity index (χ2n) is 6.63. The van der Waals surface area contributed by atoms with E-state index in [2.05, 4.69) is 6.58 Å². The number of hydrogen-bond acceptors (Lipinski definition) is 5. The van der Waals surface area contributed by atoms with Crippen LogP contribution in [0.4, 0.5) is 23.7 Å². The van der Waals surface area contributed by atoms with Crippen molar-refractivity contribution in [1.82, 2.24) is 10.4 Å². The monoisotopic (exact) mass is 455 g/mol. The number of nitrogens with zero attached hydrogens (tertiary/aromatic N) is 2. The molecule has 3 amide bonds. The zero-order valence-electron chi connectivity index (χ0n) is 17.4. The Hall–Kier alpha value is -3.31. The van der Waals surface area contributed by atoms with Crippen molar-refractivity contribution in [2.45, 2.75) is 6.18 Å². The number of hydrogen-bond donors (Lipinski definition) is 2. The van der Waals surface area contributed by atoms with Gasteiger partial charge in [0.25, 0.3) is 5.91 Å². The van der Waals surface area contributed by atoms with Crippen molar-refractivity contribution >= 4 is 17.6 Å². The number of morpholine rings is 1. The van der Waals surface area contributed by atoms with Crippen LogP contribution in [0.25, 0.3) is 0 Å². The Balaban J connectivity index is 2.50. The highest BCUT2D eigenvalue weighted by Crippen LogP contribution is 2.37. The number of carbonyl (C=O) groups excluding carboxylic acids is 2. The molecule has 0 saturated carbocycles. The Labute approximate surface area is 183 Å². The van der Waals surface area contributed by atoms with Crippen molar-refractivity contribution < 1.29 is 37.4 Å². The Morgan fingerprint density at radius 2 is 2.03 bits per heavy atom. The maximum absolute atomic E-state index is 13.4. The molecule has 1 fully saturated rings. The van der Waals surface area contributed by atoms with Crippen molar-refractivity contribution in [3.05, 3.63) is 60.2 Å². The van der Waals surface area contributed by atoms with E-state index in [9.17, 15) is 22.8 Å². The van der Waals surface area contributed by atoms with Gasteiger partial charge >= 0.3 is 12.2 Å². The minimum absolute atomic E-state index is 0.0661. The number of anilines is 1. The van der Waals surface area contributed by atoms with Gasteiger partial charge < -0.3 is 14.4 Å². The summed E-state index contributed by atoms with van der Waals surface area (Å²) >= 11 is 0. The number of alkyl halides is 3. The number of allylic oxidation sites excluding steroid dienone is 2. The number of rotatable bonds is 7. The lowest BCUT2D eigenvalue weighted by molar-refractivity contribution is -0.137. The summed E-state index contributed by atoms with van der Waals surface area (Å²) in [7, 11) is 1.30. The topological polar surface area (TPSA) is 91.3 Å². The molecule has 0 aliphatic carbocycles. The van der Waals surface area contributed by atoms with Crippen LogP contribution >= 0.6 is 0 Å². The molecule has 11 heteroatoms. The number of nitrogens with one attached hydrogen (secondary N) is 1. The molecule has 1 aromatic carbocycles. The van der Waals surface area contributed by atoms with Gasteiger partial charge in [-0.3, -0.25) is 14.9 Å². The summed E-state index contributed by atoms with van der Waals surface area (Å²) < 4.78 is 50.6. The number of ether oxygens (including phenoxy) is 2. The summed E-state index contributed by atoms with van der Waals surface area (Å²) in [5.74, 6) is -0.691. The standard InChI is InChI=1S/C21H24F3N3O5/c1-3-15(5-4-6-19(28)25-30)14-27(20(29)26-9-11-32-12-10-26)17-13-16(21(22,23)24)7-8-18(17)31-2/h3-8,13,30H,1,9-12,14H2,2H3,(H,25,28)/b6-4+,15-5+. The van der Waals surface area contributed by atoms with E-state index in [4.69, 9.17) is 14.7 Å². The largest absolute Gasteiger partial charge is 0.495 e. The summed E-state index contributed by atoms with van der Waals surface area (Å²) in [5, 5.41) is 8.55. The van der Waals surface area contributed by atoms with Crippen molar-refractivity contribution in [1.29, 1.82) is 0 Å². The fraction of sp³-hybridized carbons (Fsp3) is 0.333. The van der Waals surface area contributed by atoms with Crippen LogP contribution in [0.15, 0.2) is 54.7 Å². The molecule has 1 aliphatic rings. The van der Waals surface area contributed by atoms with Crippen LogP contribution in [-0.4, -0.2) is 62.0 Å². The van der Waals surface area contributed by atoms with Gasteiger partial charge in [0.15, 0.2) is 0 Å². The van der Waals surface area contributed by atoms with Crippen LogP contribution in [0.1, 0.15) is 5.56 Å². The first-order valence-electron chi connectivity index (χ1n) is 9.54. The first kappa shape index (κ1) is 25.0. The fourth-order valence-corrected chi connectivity index (χ4v) is 2.92. The van der Waals surface area contributed by atoms with Crippen molar-refractivity contribution in [2.24, 2.45) is 0 Å². The summed E-state index contributed by atoms with van der Waals surface area (Å²) in [6, 6.07) is 2.35. The molecule has 0 unspecified atom stereocenters. The van der Waals surface area contributed by atoms with Gasteiger partial charge in [-0.05, 0) is 23.8 Å². The number of urea groups is 1. The first-order chi connectivity index (χ1) is 15.2. The number of carbonyl (C=O) groups is 2. The van der Waals surface area contributed by atoms with Crippen LogP contribution in [0, 0.1) is 0 Å². The van der Waals surface area contributed by atoms with Crippen LogP contribution < -0.4 is 15.1 Å². The highest BCUT2D eigenvalue weighted by Gasteiger charge is 2.33. The molecule has 2 rings (SSSR count). The lowest BCUT2D eigenvalue weighted by Crippen LogP contribution is -2.49. The van der Waals surface area contributed by atoms with Crippen LogP contribution in [-0.2, 0) is 15.7 Å². The molecule has 0 radical (unpaired) electrons. The zero-order chi connectivity index (χ0) is 23.7. The summed E-state index contributed by atoms with van der Waals surface area (Å²) in [5.41, 5.74) is 0.858. The third kappa shape index (κ3) is 6.59. The molecule has 0 aromatic heterocycles. The molecule has 174 valence electrons. The molecular weight excluding hydrogens is 431 g/mol. The van der Waals surface area contributed by atoms with Crippen molar-refractivity contribution in [2.75, 3.05) is 44.9 Å². The molecule has 1 aliphatic heterocycles. The second-order valence-corrected chi connectivity index (χ2v) is 6.63. The van der Waals surface area contributed by atoms with Gasteiger partial charge in [-0.1, -0.05) is 24.8 Å². The van der Waals surface area contributed by atoms with Gasteiger partial charge in [-0.15, -0.1) is 0 Å². The van der Waals surface area contributed by atoms with Gasteiger partial charge in [-0.2, -0.15) is 13.2 Å². The quantitative estimate of drug-likeness (QED) is 0.285. The first-order valence-corrected chi connectivity index (χ1v) is 9.54. The fourth-order valence-electron chi connectivity index (χ4n) is 2.92. The Bertz CT molecular complexity index is 893. The van der Waals surface area contributed by atoms with Crippen molar-refractivity contribution in [3.63, 3.8) is 0 Å². The lowest BCUT2D eigenvalue weighted by atomic mass is 10.1. The molecule has 1 heterocycles. The van der Waals surface area contributed by atoms with Gasteiger partial charge in [0.2, 0.25) is 0 Å². The summed E-state index contributed by atoms with van der Waals surface area (Å²) in [6.07, 6.45) is 0.570. The van der Waals surface area contributed by atoms with E-state index in [1.807, 2.05) is 0 Å². The van der Waals surface area contributed by atoms with E-state index in [0.29, 0.717) is 18.8 Å². The molecule has 1 saturated heterocycles. The van der Waals surface area contributed by atoms with Gasteiger partial charge in [-0.25, -0.2) is 10.3 Å². The number of halogens is 3. The molecule has 32 heavy (non-hydrogen) atoms. The molecule has 1 aromatic rings. The summed E-state index contributed by atoms with van der Waals surface area (Å²) in [4.78, 5) is 27.1. The minimum atomic E-state index is -4.62. The normalized spacial score (nSPS) is 14.9. The summed E-state index contributed by atoms with van der Waals surface area (Å²) in [6.45, 7) is 4.68. The number of hydroxylamine groups is 1. The molecular formula is C21H24F3N3O5. The van der Waals surface area contributed by atoms with E-state index in [-0.39, 0.29) is 31.1 Å². The van der Waals surface area contributed by atoms with Crippen molar-refractivity contribution in [3.8, 4) is 5.75 Å². The van der Waals surface area contributed by atoms with E-state index in [1.54, 1.807) is 0 Å². The third-order valence-corrected chi connectivity index (χ3v) is 4.58. The molecule has 0 atom stereocenters. The second kappa shape index (κ2) is 11.3. The van der Waals surface area contributed by atoms with E-state index < -0.39 is 23.7 Å². The molecule has 0 spiro atoms. The predicted octanol–water partition coefficient (Wildman–Crippen LogP) is 3.15. The maximum atomic E-state index is 13.4. The number of amides is 3.